The fourth-order valence-corrected chi connectivity index (χ4v) is 2.13. The first-order chi connectivity index (χ1) is 10.5. The van der Waals surface area contributed by atoms with Gasteiger partial charge in [0.1, 0.15) is 0 Å². The number of carbonyl (C=O) groups excluding carboxylic acids is 2. The van der Waals surface area contributed by atoms with Crippen LogP contribution in [0.4, 0.5) is 5.69 Å². The second kappa shape index (κ2) is 7.36. The summed E-state index contributed by atoms with van der Waals surface area (Å²) in [7, 11) is 0. The molecule has 1 heterocycles. The Bertz CT molecular complexity index is 639. The molecule has 2 aromatic rings. The molecule has 5 nitrogen and oxygen atoms in total. The van der Waals surface area contributed by atoms with Gasteiger partial charge in [0.15, 0.2) is 0 Å². The lowest BCUT2D eigenvalue weighted by molar-refractivity contribution is -0.120. The van der Waals surface area contributed by atoms with E-state index in [4.69, 9.17) is 0 Å². The summed E-state index contributed by atoms with van der Waals surface area (Å²) in [4.78, 5) is 27.5. The second-order valence-corrected chi connectivity index (χ2v) is 5.16. The van der Waals surface area contributed by atoms with Crippen LogP contribution in [0.25, 0.3) is 0 Å². The third-order valence-electron chi connectivity index (χ3n) is 3.19. The summed E-state index contributed by atoms with van der Waals surface area (Å²) in [5.41, 5.74) is 2.67. The van der Waals surface area contributed by atoms with Crippen LogP contribution in [-0.2, 0) is 9.59 Å². The molecule has 0 spiro atoms. The first-order valence-electron chi connectivity index (χ1n) is 7.08. The number of nitrogens with zero attached hydrogens (tertiary/aromatic N) is 1. The topological polar surface area (TPSA) is 71.1 Å². The van der Waals surface area contributed by atoms with Gasteiger partial charge in [-0.2, -0.15) is 0 Å². The molecule has 1 atom stereocenters. The molecule has 22 heavy (non-hydrogen) atoms. The molecule has 2 amide bonds. The molecular formula is C17H19N3O2. The second-order valence-electron chi connectivity index (χ2n) is 5.16. The highest BCUT2D eigenvalue weighted by molar-refractivity contribution is 5.91. The average molecular weight is 297 g/mol. The van der Waals surface area contributed by atoms with E-state index in [-0.39, 0.29) is 24.3 Å². The number of aromatic nitrogens is 1. The van der Waals surface area contributed by atoms with Crippen LogP contribution in [0.1, 0.15) is 30.5 Å². The summed E-state index contributed by atoms with van der Waals surface area (Å²) < 4.78 is 0. The largest absolute Gasteiger partial charge is 0.349 e. The number of amides is 2. The number of hydrogen-bond donors (Lipinski definition) is 2. The van der Waals surface area contributed by atoms with E-state index in [1.807, 2.05) is 31.2 Å². The lowest BCUT2D eigenvalue weighted by atomic mass is 10.0. The van der Waals surface area contributed by atoms with Crippen molar-refractivity contribution in [2.75, 3.05) is 5.32 Å². The van der Waals surface area contributed by atoms with Crippen molar-refractivity contribution in [3.8, 4) is 0 Å². The maximum atomic E-state index is 12.2. The number of rotatable bonds is 5. The smallest absolute Gasteiger partial charge is 0.226 e. The van der Waals surface area contributed by atoms with Crippen molar-refractivity contribution in [3.63, 3.8) is 0 Å². The van der Waals surface area contributed by atoms with Crippen molar-refractivity contribution in [1.29, 1.82) is 0 Å². The maximum absolute atomic E-state index is 12.2. The Morgan fingerprint density at radius 2 is 1.91 bits per heavy atom. The molecule has 0 aliphatic rings. The third-order valence-corrected chi connectivity index (χ3v) is 3.19. The zero-order valence-electron chi connectivity index (χ0n) is 12.7. The number of aryl methyl sites for hydroxylation is 1. The van der Waals surface area contributed by atoms with Crippen LogP contribution >= 0.6 is 0 Å². The van der Waals surface area contributed by atoms with Crippen LogP contribution in [-0.4, -0.2) is 16.8 Å². The Labute approximate surface area is 129 Å². The van der Waals surface area contributed by atoms with Crippen molar-refractivity contribution in [3.05, 3.63) is 59.9 Å². The summed E-state index contributed by atoms with van der Waals surface area (Å²) >= 11 is 0. The first-order valence-corrected chi connectivity index (χ1v) is 7.08. The van der Waals surface area contributed by atoms with E-state index >= 15 is 0 Å². The van der Waals surface area contributed by atoms with Crippen LogP contribution in [0.5, 0.6) is 0 Å². The molecule has 0 saturated carbocycles. The molecule has 1 aromatic heterocycles. The number of benzene rings is 1. The number of anilines is 1. The molecule has 0 fully saturated rings. The molecule has 0 bridgehead atoms. The van der Waals surface area contributed by atoms with Crippen molar-refractivity contribution >= 4 is 17.5 Å². The predicted molar refractivity (Wildman–Crippen MR) is 85.2 cm³/mol. The summed E-state index contributed by atoms with van der Waals surface area (Å²) in [6, 6.07) is 10.9. The van der Waals surface area contributed by atoms with Crippen LogP contribution < -0.4 is 10.6 Å². The lowest BCUT2D eigenvalue weighted by Crippen LogP contribution is -2.29. The van der Waals surface area contributed by atoms with Gasteiger partial charge in [0.25, 0.3) is 0 Å². The Morgan fingerprint density at radius 1 is 1.18 bits per heavy atom. The Balaban J connectivity index is 2.07. The van der Waals surface area contributed by atoms with Gasteiger partial charge in [-0.25, -0.2) is 0 Å². The fourth-order valence-electron chi connectivity index (χ4n) is 2.13. The van der Waals surface area contributed by atoms with E-state index in [1.165, 1.54) is 6.92 Å². The van der Waals surface area contributed by atoms with Gasteiger partial charge in [-0.1, -0.05) is 29.8 Å². The Morgan fingerprint density at radius 3 is 2.50 bits per heavy atom. The Hall–Kier alpha value is -2.69. The molecule has 114 valence electrons. The van der Waals surface area contributed by atoms with Crippen molar-refractivity contribution in [1.82, 2.24) is 10.3 Å². The Kier molecular flexibility index (Phi) is 5.25. The van der Waals surface area contributed by atoms with Gasteiger partial charge in [-0.15, -0.1) is 0 Å². The molecular weight excluding hydrogens is 278 g/mol. The highest BCUT2D eigenvalue weighted by Gasteiger charge is 2.17. The van der Waals surface area contributed by atoms with E-state index in [0.29, 0.717) is 5.69 Å². The SMILES string of the molecule is CC(=O)NC(CC(=O)Nc1cccnc1)c1ccc(C)cc1. The molecule has 0 aliphatic carbocycles. The predicted octanol–water partition coefficient (Wildman–Crippen LogP) is 2.60. The summed E-state index contributed by atoms with van der Waals surface area (Å²) in [5.74, 6) is -0.341. The van der Waals surface area contributed by atoms with Crippen LogP contribution in [0.3, 0.4) is 0 Å². The van der Waals surface area contributed by atoms with Gasteiger partial charge in [0.2, 0.25) is 11.8 Å². The van der Waals surface area contributed by atoms with Gasteiger partial charge in [-0.05, 0) is 24.6 Å². The quantitative estimate of drug-likeness (QED) is 0.891. The highest BCUT2D eigenvalue weighted by atomic mass is 16.2. The van der Waals surface area contributed by atoms with E-state index in [0.717, 1.165) is 11.1 Å². The molecule has 5 heteroatoms. The van der Waals surface area contributed by atoms with Gasteiger partial charge in [-0.3, -0.25) is 14.6 Å². The molecule has 1 aromatic carbocycles. The van der Waals surface area contributed by atoms with Gasteiger partial charge in [0.05, 0.1) is 24.3 Å². The zero-order chi connectivity index (χ0) is 15.9. The van der Waals surface area contributed by atoms with E-state index in [2.05, 4.69) is 15.6 Å². The number of pyridine rings is 1. The minimum Gasteiger partial charge on any atom is -0.349 e. The molecule has 2 N–H and O–H groups in total. The number of nitrogens with one attached hydrogen (secondary N) is 2. The first kappa shape index (κ1) is 15.7. The van der Waals surface area contributed by atoms with Crippen molar-refractivity contribution < 1.29 is 9.59 Å². The molecule has 0 saturated heterocycles. The monoisotopic (exact) mass is 297 g/mol. The summed E-state index contributed by atoms with van der Waals surface area (Å²) in [6.45, 7) is 3.44. The average Bonchev–Trinajstić information content (AvgIpc) is 2.48. The van der Waals surface area contributed by atoms with E-state index < -0.39 is 0 Å². The van der Waals surface area contributed by atoms with Crippen molar-refractivity contribution in [2.24, 2.45) is 0 Å². The van der Waals surface area contributed by atoms with Gasteiger partial charge in [0, 0.05) is 13.1 Å². The minimum atomic E-state index is -0.352. The fraction of sp³-hybridized carbons (Fsp3) is 0.235. The summed E-state index contributed by atoms with van der Waals surface area (Å²) in [6.07, 6.45) is 3.39. The molecule has 1 unspecified atom stereocenters. The van der Waals surface area contributed by atoms with Crippen LogP contribution in [0.2, 0.25) is 0 Å². The van der Waals surface area contributed by atoms with Gasteiger partial charge < -0.3 is 10.6 Å². The van der Waals surface area contributed by atoms with E-state index in [1.54, 1.807) is 24.5 Å². The number of carbonyl (C=O) groups is 2. The van der Waals surface area contributed by atoms with E-state index in [9.17, 15) is 9.59 Å². The third kappa shape index (κ3) is 4.70. The standard InChI is InChI=1S/C17H19N3O2/c1-12-5-7-14(8-6-12)16(19-13(2)21)10-17(22)20-15-4-3-9-18-11-15/h3-9,11,16H,10H2,1-2H3,(H,19,21)(H,20,22). The number of hydrogen-bond acceptors (Lipinski definition) is 3. The normalized spacial score (nSPS) is 11.5. The van der Waals surface area contributed by atoms with Crippen LogP contribution in [0.15, 0.2) is 48.8 Å². The summed E-state index contributed by atoms with van der Waals surface area (Å²) in [5, 5.41) is 5.59. The van der Waals surface area contributed by atoms with Gasteiger partial charge >= 0.3 is 0 Å². The minimum absolute atomic E-state index is 0.164. The van der Waals surface area contributed by atoms with Crippen LogP contribution in [0, 0.1) is 6.92 Å². The highest BCUT2D eigenvalue weighted by Crippen LogP contribution is 2.18. The van der Waals surface area contributed by atoms with Crippen molar-refractivity contribution in [2.45, 2.75) is 26.3 Å². The molecule has 0 radical (unpaired) electrons. The maximum Gasteiger partial charge on any atom is 0.226 e. The molecule has 2 rings (SSSR count). The lowest BCUT2D eigenvalue weighted by Gasteiger charge is -2.18. The molecule has 0 aliphatic heterocycles. The zero-order valence-corrected chi connectivity index (χ0v) is 12.7.